The van der Waals surface area contributed by atoms with Gasteiger partial charge in [-0.15, -0.1) is 0 Å². The molecular weight excluding hydrogens is 292 g/mol. The number of morpholine rings is 1. The molecule has 1 fully saturated rings. The van der Waals surface area contributed by atoms with Crippen LogP contribution in [0.4, 0.5) is 0 Å². The lowest BCUT2D eigenvalue weighted by molar-refractivity contribution is 0.0303. The van der Waals surface area contributed by atoms with Gasteiger partial charge >= 0.3 is 0 Å². The highest BCUT2D eigenvalue weighted by molar-refractivity contribution is 5.97. The van der Waals surface area contributed by atoms with Crippen LogP contribution in [-0.2, 0) is 11.3 Å². The van der Waals surface area contributed by atoms with Crippen molar-refractivity contribution in [2.45, 2.75) is 6.54 Å². The fourth-order valence-electron chi connectivity index (χ4n) is 2.73. The van der Waals surface area contributed by atoms with Gasteiger partial charge in [0.05, 0.1) is 30.7 Å². The fourth-order valence-corrected chi connectivity index (χ4v) is 2.73. The summed E-state index contributed by atoms with van der Waals surface area (Å²) in [4.78, 5) is 16.7. The summed E-state index contributed by atoms with van der Waals surface area (Å²) in [6, 6.07) is 7.61. The zero-order valence-corrected chi connectivity index (χ0v) is 13.6. The van der Waals surface area contributed by atoms with Crippen molar-refractivity contribution in [2.75, 3.05) is 40.4 Å². The number of ether oxygens (including phenoxy) is 1. The van der Waals surface area contributed by atoms with E-state index in [1.54, 1.807) is 4.68 Å². The lowest BCUT2D eigenvalue weighted by Gasteiger charge is -2.27. The van der Waals surface area contributed by atoms with Gasteiger partial charge in [0.15, 0.2) is 0 Å². The molecule has 0 spiro atoms. The molecule has 0 radical (unpaired) electrons. The second kappa shape index (κ2) is 6.93. The molecule has 3 rings (SSSR count). The van der Waals surface area contributed by atoms with Crippen molar-refractivity contribution in [2.24, 2.45) is 0 Å². The number of hydrogen-bond acceptors (Lipinski definition) is 4. The van der Waals surface area contributed by atoms with Gasteiger partial charge in [-0.3, -0.25) is 4.79 Å². The van der Waals surface area contributed by atoms with Crippen LogP contribution < -0.4 is 0 Å². The molecule has 1 aromatic heterocycles. The van der Waals surface area contributed by atoms with E-state index in [1.807, 2.05) is 55.7 Å². The molecule has 0 atom stereocenters. The van der Waals surface area contributed by atoms with E-state index in [0.29, 0.717) is 31.9 Å². The van der Waals surface area contributed by atoms with E-state index in [2.05, 4.69) is 10.00 Å². The quantitative estimate of drug-likeness (QED) is 0.856. The molecule has 1 aromatic carbocycles. The highest BCUT2D eigenvalue weighted by Crippen LogP contribution is 2.17. The Bertz CT molecular complexity index is 675. The van der Waals surface area contributed by atoms with Gasteiger partial charge in [0.2, 0.25) is 0 Å². The third kappa shape index (κ3) is 3.60. The number of amides is 1. The standard InChI is InChI=1S/C17H22N4O2/c1-19(2)12-14-11-18-21(13-14)16-6-4-3-5-15(16)17(22)20-7-9-23-10-8-20/h3-6,11,13H,7-10,12H2,1-2H3. The summed E-state index contributed by atoms with van der Waals surface area (Å²) in [6.45, 7) is 3.29. The van der Waals surface area contributed by atoms with Gasteiger partial charge in [0, 0.05) is 31.4 Å². The number of para-hydroxylation sites is 1. The Morgan fingerprint density at radius 3 is 2.74 bits per heavy atom. The summed E-state index contributed by atoms with van der Waals surface area (Å²) in [5.41, 5.74) is 2.60. The summed E-state index contributed by atoms with van der Waals surface area (Å²) in [5.74, 6) is 0.0357. The maximum atomic E-state index is 12.8. The van der Waals surface area contributed by atoms with Gasteiger partial charge in [-0.05, 0) is 26.2 Å². The van der Waals surface area contributed by atoms with Crippen LogP contribution in [0.5, 0.6) is 0 Å². The summed E-state index contributed by atoms with van der Waals surface area (Å²) in [6.07, 6.45) is 3.82. The van der Waals surface area contributed by atoms with Crippen LogP contribution in [0.3, 0.4) is 0 Å². The second-order valence-electron chi connectivity index (χ2n) is 5.95. The smallest absolute Gasteiger partial charge is 0.256 e. The Morgan fingerprint density at radius 1 is 1.26 bits per heavy atom. The van der Waals surface area contributed by atoms with Crippen molar-refractivity contribution in [3.8, 4) is 5.69 Å². The zero-order chi connectivity index (χ0) is 16.2. The maximum absolute atomic E-state index is 12.8. The Morgan fingerprint density at radius 2 is 2.00 bits per heavy atom. The molecule has 6 heteroatoms. The van der Waals surface area contributed by atoms with E-state index in [9.17, 15) is 4.79 Å². The summed E-state index contributed by atoms with van der Waals surface area (Å²) >= 11 is 0. The molecule has 1 saturated heterocycles. The Hall–Kier alpha value is -2.18. The predicted molar refractivity (Wildman–Crippen MR) is 87.7 cm³/mol. The molecule has 23 heavy (non-hydrogen) atoms. The SMILES string of the molecule is CN(C)Cc1cnn(-c2ccccc2C(=O)N2CCOCC2)c1. The minimum atomic E-state index is 0.0357. The van der Waals surface area contributed by atoms with Crippen LogP contribution in [0, 0.1) is 0 Å². The monoisotopic (exact) mass is 314 g/mol. The van der Waals surface area contributed by atoms with Crippen molar-refractivity contribution >= 4 is 5.91 Å². The molecular formula is C17H22N4O2. The highest BCUT2D eigenvalue weighted by atomic mass is 16.5. The van der Waals surface area contributed by atoms with E-state index < -0.39 is 0 Å². The van der Waals surface area contributed by atoms with Gasteiger partial charge < -0.3 is 14.5 Å². The molecule has 0 unspecified atom stereocenters. The van der Waals surface area contributed by atoms with Gasteiger partial charge in [-0.25, -0.2) is 4.68 Å². The van der Waals surface area contributed by atoms with Crippen LogP contribution in [-0.4, -0.2) is 65.9 Å². The number of nitrogens with zero attached hydrogens (tertiary/aromatic N) is 4. The lowest BCUT2D eigenvalue weighted by atomic mass is 10.1. The zero-order valence-electron chi connectivity index (χ0n) is 13.6. The van der Waals surface area contributed by atoms with Gasteiger partial charge in [-0.1, -0.05) is 12.1 Å². The first kappa shape index (κ1) is 15.7. The van der Waals surface area contributed by atoms with Crippen LogP contribution >= 0.6 is 0 Å². The van der Waals surface area contributed by atoms with Crippen LogP contribution in [0.25, 0.3) is 5.69 Å². The van der Waals surface area contributed by atoms with Crippen molar-refractivity contribution in [1.29, 1.82) is 0 Å². The molecule has 1 amide bonds. The molecule has 0 saturated carbocycles. The Kier molecular flexibility index (Phi) is 4.73. The minimum absolute atomic E-state index is 0.0357. The van der Waals surface area contributed by atoms with Crippen molar-refractivity contribution in [3.63, 3.8) is 0 Å². The topological polar surface area (TPSA) is 50.6 Å². The number of aromatic nitrogens is 2. The first-order valence-electron chi connectivity index (χ1n) is 7.80. The summed E-state index contributed by atoms with van der Waals surface area (Å²) in [5, 5.41) is 4.42. The Balaban J connectivity index is 1.88. The normalized spacial score (nSPS) is 15.2. The predicted octanol–water partition coefficient (Wildman–Crippen LogP) is 1.41. The third-order valence-electron chi connectivity index (χ3n) is 3.81. The molecule has 6 nitrogen and oxygen atoms in total. The minimum Gasteiger partial charge on any atom is -0.378 e. The van der Waals surface area contributed by atoms with Crippen molar-refractivity contribution < 1.29 is 9.53 Å². The molecule has 1 aliphatic heterocycles. The number of rotatable bonds is 4. The average molecular weight is 314 g/mol. The van der Waals surface area contributed by atoms with Crippen LogP contribution in [0.1, 0.15) is 15.9 Å². The van der Waals surface area contributed by atoms with Crippen LogP contribution in [0.2, 0.25) is 0 Å². The number of carbonyl (C=O) groups is 1. The summed E-state index contributed by atoms with van der Waals surface area (Å²) in [7, 11) is 4.04. The average Bonchev–Trinajstić information content (AvgIpc) is 3.02. The number of carbonyl (C=O) groups excluding carboxylic acids is 1. The lowest BCUT2D eigenvalue weighted by Crippen LogP contribution is -2.41. The Labute approximate surface area is 136 Å². The van der Waals surface area contributed by atoms with E-state index in [1.165, 1.54) is 0 Å². The molecule has 122 valence electrons. The first-order valence-corrected chi connectivity index (χ1v) is 7.80. The third-order valence-corrected chi connectivity index (χ3v) is 3.81. The van der Waals surface area contributed by atoms with Gasteiger partial charge in [-0.2, -0.15) is 5.10 Å². The van der Waals surface area contributed by atoms with E-state index in [-0.39, 0.29) is 5.91 Å². The molecule has 0 N–H and O–H groups in total. The first-order chi connectivity index (χ1) is 11.1. The van der Waals surface area contributed by atoms with E-state index >= 15 is 0 Å². The highest BCUT2D eigenvalue weighted by Gasteiger charge is 2.21. The van der Waals surface area contributed by atoms with Crippen molar-refractivity contribution in [3.05, 3.63) is 47.8 Å². The molecule has 2 heterocycles. The largest absolute Gasteiger partial charge is 0.378 e. The number of benzene rings is 1. The number of hydrogen-bond donors (Lipinski definition) is 0. The molecule has 0 aliphatic carbocycles. The van der Waals surface area contributed by atoms with Crippen molar-refractivity contribution in [1.82, 2.24) is 19.6 Å². The maximum Gasteiger partial charge on any atom is 0.256 e. The second-order valence-corrected chi connectivity index (χ2v) is 5.95. The molecule has 2 aromatic rings. The van der Waals surface area contributed by atoms with Gasteiger partial charge in [0.1, 0.15) is 0 Å². The van der Waals surface area contributed by atoms with E-state index in [0.717, 1.165) is 17.8 Å². The van der Waals surface area contributed by atoms with Gasteiger partial charge in [0.25, 0.3) is 5.91 Å². The molecule has 0 bridgehead atoms. The van der Waals surface area contributed by atoms with E-state index in [4.69, 9.17) is 4.74 Å². The molecule has 1 aliphatic rings. The van der Waals surface area contributed by atoms with Crippen LogP contribution in [0.15, 0.2) is 36.7 Å². The summed E-state index contributed by atoms with van der Waals surface area (Å²) < 4.78 is 7.11. The fraction of sp³-hybridized carbons (Fsp3) is 0.412.